The normalized spacial score (nSPS) is 23.4. The predicted octanol–water partition coefficient (Wildman–Crippen LogP) is 2.01. The highest BCUT2D eigenvalue weighted by molar-refractivity contribution is 5.75. The van der Waals surface area contributed by atoms with Gasteiger partial charge in [-0.05, 0) is 32.7 Å². The summed E-state index contributed by atoms with van der Waals surface area (Å²) in [5.74, 6) is 0.715. The molecule has 0 bridgehead atoms. The van der Waals surface area contributed by atoms with E-state index in [0.29, 0.717) is 24.4 Å². The van der Waals surface area contributed by atoms with Crippen LogP contribution in [-0.4, -0.2) is 52.7 Å². The van der Waals surface area contributed by atoms with Crippen LogP contribution < -0.4 is 5.32 Å². The number of carbonyl (C=O) groups excluding carboxylic acids is 1. The van der Waals surface area contributed by atoms with Gasteiger partial charge in [-0.25, -0.2) is 4.79 Å². The van der Waals surface area contributed by atoms with Gasteiger partial charge in [0.1, 0.15) is 0 Å². The molecule has 6 nitrogen and oxygen atoms in total. The smallest absolute Gasteiger partial charge is 0.317 e. The summed E-state index contributed by atoms with van der Waals surface area (Å²) >= 11 is 0. The fourth-order valence-electron chi connectivity index (χ4n) is 3.37. The van der Waals surface area contributed by atoms with E-state index in [2.05, 4.69) is 22.3 Å². The summed E-state index contributed by atoms with van der Waals surface area (Å²) in [5.41, 5.74) is 0.923. The standard InChI is InChI=1S/C16H26N4O2/c1-3-13-8-15(22-18-13)9-17-16(21)19-10-14(11-19)20-7-5-4-6-12(20)2/h8,12,14H,3-7,9-11H2,1-2H3,(H,17,21)/t12-/m1/s1. The van der Waals surface area contributed by atoms with Gasteiger partial charge in [-0.2, -0.15) is 0 Å². The number of carbonyl (C=O) groups is 1. The first-order valence-electron chi connectivity index (χ1n) is 8.40. The fourth-order valence-corrected chi connectivity index (χ4v) is 3.37. The van der Waals surface area contributed by atoms with Gasteiger partial charge in [0.2, 0.25) is 0 Å². The van der Waals surface area contributed by atoms with E-state index in [9.17, 15) is 4.79 Å². The van der Waals surface area contributed by atoms with Gasteiger partial charge in [0.15, 0.2) is 5.76 Å². The largest absolute Gasteiger partial charge is 0.359 e. The molecule has 0 radical (unpaired) electrons. The van der Waals surface area contributed by atoms with Gasteiger partial charge in [-0.15, -0.1) is 0 Å². The molecule has 0 spiro atoms. The summed E-state index contributed by atoms with van der Waals surface area (Å²) in [6.45, 7) is 7.60. The quantitative estimate of drug-likeness (QED) is 0.924. The average Bonchev–Trinajstić information content (AvgIpc) is 2.93. The number of aryl methyl sites for hydroxylation is 1. The number of likely N-dealkylation sites (tertiary alicyclic amines) is 2. The lowest BCUT2D eigenvalue weighted by atomic mass is 9.98. The van der Waals surface area contributed by atoms with E-state index in [1.54, 1.807) is 0 Å². The van der Waals surface area contributed by atoms with Crippen molar-refractivity contribution in [3.8, 4) is 0 Å². The summed E-state index contributed by atoms with van der Waals surface area (Å²) in [5, 5.41) is 6.83. The number of urea groups is 1. The summed E-state index contributed by atoms with van der Waals surface area (Å²) in [4.78, 5) is 16.6. The molecule has 2 aliphatic heterocycles. The van der Waals surface area contributed by atoms with Crippen molar-refractivity contribution in [3.63, 3.8) is 0 Å². The highest BCUT2D eigenvalue weighted by atomic mass is 16.5. The van der Waals surface area contributed by atoms with Crippen molar-refractivity contribution >= 4 is 6.03 Å². The minimum atomic E-state index is -0.00430. The molecule has 2 aliphatic rings. The third kappa shape index (κ3) is 3.27. The van der Waals surface area contributed by atoms with Crippen LogP contribution in [-0.2, 0) is 13.0 Å². The minimum Gasteiger partial charge on any atom is -0.359 e. The molecule has 0 aromatic carbocycles. The Labute approximate surface area is 131 Å². The third-order valence-electron chi connectivity index (χ3n) is 4.86. The highest BCUT2D eigenvalue weighted by Gasteiger charge is 2.37. The van der Waals surface area contributed by atoms with Crippen molar-refractivity contribution in [1.29, 1.82) is 0 Å². The van der Waals surface area contributed by atoms with Crippen LogP contribution in [0.1, 0.15) is 44.6 Å². The van der Waals surface area contributed by atoms with Crippen LogP contribution in [0.4, 0.5) is 4.79 Å². The Bertz CT molecular complexity index is 510. The highest BCUT2D eigenvalue weighted by Crippen LogP contribution is 2.24. The molecule has 1 aromatic heterocycles. The summed E-state index contributed by atoms with van der Waals surface area (Å²) in [6.07, 6.45) is 4.76. The van der Waals surface area contributed by atoms with Crippen LogP contribution in [0.5, 0.6) is 0 Å². The molecule has 0 unspecified atom stereocenters. The summed E-state index contributed by atoms with van der Waals surface area (Å²) < 4.78 is 5.18. The molecular weight excluding hydrogens is 280 g/mol. The maximum absolute atomic E-state index is 12.1. The van der Waals surface area contributed by atoms with E-state index in [1.165, 1.54) is 25.8 Å². The number of nitrogens with one attached hydrogen (secondary N) is 1. The van der Waals surface area contributed by atoms with Crippen LogP contribution in [0.3, 0.4) is 0 Å². The van der Waals surface area contributed by atoms with Gasteiger partial charge < -0.3 is 14.7 Å². The lowest BCUT2D eigenvalue weighted by molar-refractivity contribution is 0.0168. The molecule has 3 rings (SSSR count). The molecule has 2 saturated heterocycles. The molecule has 1 N–H and O–H groups in total. The first kappa shape index (κ1) is 15.3. The zero-order valence-corrected chi connectivity index (χ0v) is 13.5. The lowest BCUT2D eigenvalue weighted by Gasteiger charge is -2.49. The zero-order chi connectivity index (χ0) is 15.5. The molecule has 3 heterocycles. The minimum absolute atomic E-state index is 0.00430. The molecule has 122 valence electrons. The van der Waals surface area contributed by atoms with Crippen LogP contribution in [0, 0.1) is 0 Å². The van der Waals surface area contributed by atoms with Crippen LogP contribution in [0.2, 0.25) is 0 Å². The molecule has 0 aliphatic carbocycles. The zero-order valence-electron chi connectivity index (χ0n) is 13.5. The second-order valence-corrected chi connectivity index (χ2v) is 6.44. The van der Waals surface area contributed by atoms with Crippen LogP contribution >= 0.6 is 0 Å². The Kier molecular flexibility index (Phi) is 4.66. The average molecular weight is 306 g/mol. The number of aromatic nitrogens is 1. The summed E-state index contributed by atoms with van der Waals surface area (Å²) in [7, 11) is 0. The van der Waals surface area contributed by atoms with E-state index in [0.717, 1.165) is 25.2 Å². The maximum Gasteiger partial charge on any atom is 0.317 e. The van der Waals surface area contributed by atoms with Gasteiger partial charge in [0, 0.05) is 31.2 Å². The van der Waals surface area contributed by atoms with Crippen molar-refractivity contribution < 1.29 is 9.32 Å². The molecule has 2 fully saturated rings. The van der Waals surface area contributed by atoms with Crippen molar-refractivity contribution in [2.45, 2.75) is 58.2 Å². The van der Waals surface area contributed by atoms with E-state index in [-0.39, 0.29) is 6.03 Å². The third-order valence-corrected chi connectivity index (χ3v) is 4.86. The first-order valence-corrected chi connectivity index (χ1v) is 8.40. The molecule has 6 heteroatoms. The SMILES string of the molecule is CCc1cc(CNC(=O)N2CC(N3CCCC[C@H]3C)C2)on1. The topological polar surface area (TPSA) is 61.6 Å². The Morgan fingerprint density at radius 2 is 2.27 bits per heavy atom. The van der Waals surface area contributed by atoms with Crippen molar-refractivity contribution in [2.24, 2.45) is 0 Å². The molecular formula is C16H26N4O2. The number of nitrogens with zero attached hydrogens (tertiary/aromatic N) is 3. The van der Waals surface area contributed by atoms with Crippen molar-refractivity contribution in [3.05, 3.63) is 17.5 Å². The van der Waals surface area contributed by atoms with Crippen molar-refractivity contribution in [1.82, 2.24) is 20.3 Å². The van der Waals surface area contributed by atoms with E-state index in [1.807, 2.05) is 17.9 Å². The van der Waals surface area contributed by atoms with Gasteiger partial charge in [-0.1, -0.05) is 18.5 Å². The van der Waals surface area contributed by atoms with E-state index in [4.69, 9.17) is 4.52 Å². The Morgan fingerprint density at radius 3 is 2.95 bits per heavy atom. The molecule has 22 heavy (non-hydrogen) atoms. The summed E-state index contributed by atoms with van der Waals surface area (Å²) in [6, 6.07) is 3.09. The number of rotatable bonds is 4. The molecule has 1 aromatic rings. The van der Waals surface area contributed by atoms with E-state index < -0.39 is 0 Å². The van der Waals surface area contributed by atoms with Crippen molar-refractivity contribution in [2.75, 3.05) is 19.6 Å². The Morgan fingerprint density at radius 1 is 1.45 bits per heavy atom. The predicted molar refractivity (Wildman–Crippen MR) is 83.5 cm³/mol. The molecule has 0 saturated carbocycles. The molecule has 1 atom stereocenters. The van der Waals surface area contributed by atoms with Crippen LogP contribution in [0.15, 0.2) is 10.6 Å². The van der Waals surface area contributed by atoms with Gasteiger partial charge in [0.05, 0.1) is 12.2 Å². The van der Waals surface area contributed by atoms with Crippen LogP contribution in [0.25, 0.3) is 0 Å². The first-order chi connectivity index (χ1) is 10.7. The maximum atomic E-state index is 12.1. The molecule has 2 amide bonds. The van der Waals surface area contributed by atoms with Gasteiger partial charge in [-0.3, -0.25) is 4.90 Å². The van der Waals surface area contributed by atoms with Gasteiger partial charge in [0.25, 0.3) is 0 Å². The van der Waals surface area contributed by atoms with E-state index >= 15 is 0 Å². The fraction of sp³-hybridized carbons (Fsp3) is 0.750. The monoisotopic (exact) mass is 306 g/mol. The Hall–Kier alpha value is -1.56. The number of amides is 2. The number of piperidine rings is 1. The second-order valence-electron chi connectivity index (χ2n) is 6.44. The Balaban J connectivity index is 1.41. The second kappa shape index (κ2) is 6.69. The van der Waals surface area contributed by atoms with Gasteiger partial charge >= 0.3 is 6.03 Å². The number of hydrogen-bond donors (Lipinski definition) is 1. The lowest BCUT2D eigenvalue weighted by Crippen LogP contribution is -2.64. The number of hydrogen-bond acceptors (Lipinski definition) is 4.